The summed E-state index contributed by atoms with van der Waals surface area (Å²) in [5.74, 6) is 0.0350. The number of nitrogens with zero attached hydrogens (tertiary/aromatic N) is 2. The standard InChI is InChI=1S/C29H27N5O2/c1-18-14-15-24(19(2)16-18)33-29(36)25-20(3)31-27-23(28(35)32-22-12-8-5-9-13-22)17-30-34(27)26(25)21-10-6-4-7-11-21/h4-17,26,31H,1-3H3,(H,32,35)(H,33,36)/t26-/m1/s1. The van der Waals surface area contributed by atoms with Crippen LogP contribution in [-0.4, -0.2) is 21.6 Å². The Kier molecular flexibility index (Phi) is 6.12. The minimum Gasteiger partial charge on any atom is -0.343 e. The van der Waals surface area contributed by atoms with Gasteiger partial charge in [0, 0.05) is 17.1 Å². The summed E-state index contributed by atoms with van der Waals surface area (Å²) in [7, 11) is 0. The summed E-state index contributed by atoms with van der Waals surface area (Å²) in [6, 6.07) is 24.4. The van der Waals surface area contributed by atoms with Crippen LogP contribution in [0.3, 0.4) is 0 Å². The zero-order chi connectivity index (χ0) is 25.2. The lowest BCUT2D eigenvalue weighted by molar-refractivity contribution is -0.113. The molecule has 7 nitrogen and oxygen atoms in total. The Morgan fingerprint density at radius 2 is 1.56 bits per heavy atom. The first kappa shape index (κ1) is 23.1. The van der Waals surface area contributed by atoms with Gasteiger partial charge in [-0.25, -0.2) is 4.68 Å². The number of carbonyl (C=O) groups excluding carboxylic acids is 2. The van der Waals surface area contributed by atoms with Crippen molar-refractivity contribution in [1.82, 2.24) is 9.78 Å². The highest BCUT2D eigenvalue weighted by molar-refractivity contribution is 6.09. The van der Waals surface area contributed by atoms with E-state index in [0.29, 0.717) is 28.3 Å². The SMILES string of the molecule is CC1=C(C(=O)Nc2ccc(C)cc2C)[C@@H](c2ccccc2)n2ncc(C(=O)Nc3ccccc3)c2N1. The Hall–Kier alpha value is -4.65. The van der Waals surface area contributed by atoms with Crippen molar-refractivity contribution in [3.63, 3.8) is 0 Å². The first-order valence-corrected chi connectivity index (χ1v) is 11.8. The van der Waals surface area contributed by atoms with Gasteiger partial charge in [-0.3, -0.25) is 9.59 Å². The average molecular weight is 478 g/mol. The molecule has 0 aliphatic carbocycles. The molecule has 4 aromatic rings. The molecule has 1 atom stereocenters. The van der Waals surface area contributed by atoms with Crippen LogP contribution in [0.2, 0.25) is 0 Å². The number of hydrogen-bond donors (Lipinski definition) is 3. The molecule has 7 heteroatoms. The molecule has 0 radical (unpaired) electrons. The van der Waals surface area contributed by atoms with Crippen LogP contribution in [0.15, 0.2) is 96.3 Å². The molecule has 0 unspecified atom stereocenters. The molecule has 1 aliphatic heterocycles. The zero-order valence-corrected chi connectivity index (χ0v) is 20.4. The number of fused-ring (bicyclic) bond motifs is 1. The Labute approximate surface area is 209 Å². The predicted octanol–water partition coefficient (Wildman–Crippen LogP) is 5.68. The van der Waals surface area contributed by atoms with Crippen molar-refractivity contribution < 1.29 is 9.59 Å². The van der Waals surface area contributed by atoms with Crippen LogP contribution in [-0.2, 0) is 4.79 Å². The molecule has 3 N–H and O–H groups in total. The van der Waals surface area contributed by atoms with Crippen molar-refractivity contribution in [3.8, 4) is 0 Å². The number of anilines is 3. The van der Waals surface area contributed by atoms with Gasteiger partial charge in [-0.15, -0.1) is 0 Å². The van der Waals surface area contributed by atoms with Gasteiger partial charge in [-0.05, 0) is 50.1 Å². The van der Waals surface area contributed by atoms with Crippen LogP contribution in [0.4, 0.5) is 17.2 Å². The van der Waals surface area contributed by atoms with E-state index in [9.17, 15) is 9.59 Å². The van der Waals surface area contributed by atoms with Crippen LogP contribution >= 0.6 is 0 Å². The first-order chi connectivity index (χ1) is 17.4. The number of nitrogens with one attached hydrogen (secondary N) is 3. The minimum absolute atomic E-state index is 0.225. The number of rotatable bonds is 5. The van der Waals surface area contributed by atoms with Crippen molar-refractivity contribution in [2.75, 3.05) is 16.0 Å². The van der Waals surface area contributed by atoms with Crippen molar-refractivity contribution in [1.29, 1.82) is 0 Å². The monoisotopic (exact) mass is 477 g/mol. The summed E-state index contributed by atoms with van der Waals surface area (Å²) in [5, 5.41) is 13.8. The van der Waals surface area contributed by atoms with Crippen LogP contribution < -0.4 is 16.0 Å². The third-order valence-corrected chi connectivity index (χ3v) is 6.29. The van der Waals surface area contributed by atoms with Gasteiger partial charge in [0.05, 0.1) is 11.8 Å². The lowest BCUT2D eigenvalue weighted by Gasteiger charge is -2.30. The number of carbonyl (C=O) groups is 2. The van der Waals surface area contributed by atoms with Gasteiger partial charge in [-0.1, -0.05) is 66.2 Å². The molecule has 0 saturated heterocycles. The minimum atomic E-state index is -0.508. The summed E-state index contributed by atoms with van der Waals surface area (Å²) < 4.78 is 1.71. The van der Waals surface area contributed by atoms with E-state index in [4.69, 9.17) is 0 Å². The maximum absolute atomic E-state index is 13.7. The fraction of sp³-hybridized carbons (Fsp3) is 0.138. The van der Waals surface area contributed by atoms with E-state index < -0.39 is 6.04 Å². The van der Waals surface area contributed by atoms with Crippen LogP contribution in [0.1, 0.15) is 40.0 Å². The second-order valence-electron chi connectivity index (χ2n) is 8.92. The molecule has 5 rings (SSSR count). The fourth-order valence-electron chi connectivity index (χ4n) is 4.52. The maximum Gasteiger partial charge on any atom is 0.261 e. The maximum atomic E-state index is 13.7. The largest absolute Gasteiger partial charge is 0.343 e. The number of benzene rings is 3. The van der Waals surface area contributed by atoms with Crippen LogP contribution in [0, 0.1) is 13.8 Å². The molecule has 3 aromatic carbocycles. The molecule has 0 fully saturated rings. The highest BCUT2D eigenvalue weighted by atomic mass is 16.2. The second kappa shape index (κ2) is 9.54. The predicted molar refractivity (Wildman–Crippen MR) is 142 cm³/mol. The van der Waals surface area contributed by atoms with Gasteiger partial charge in [0.25, 0.3) is 11.8 Å². The van der Waals surface area contributed by atoms with Gasteiger partial charge in [0.15, 0.2) is 0 Å². The Morgan fingerprint density at radius 1 is 0.861 bits per heavy atom. The molecular formula is C29H27N5O2. The van der Waals surface area contributed by atoms with E-state index in [1.54, 1.807) is 4.68 Å². The topological polar surface area (TPSA) is 88.0 Å². The highest BCUT2D eigenvalue weighted by Crippen LogP contribution is 2.38. The van der Waals surface area contributed by atoms with Gasteiger partial charge < -0.3 is 16.0 Å². The highest BCUT2D eigenvalue weighted by Gasteiger charge is 2.35. The van der Waals surface area contributed by atoms with Crippen LogP contribution in [0.25, 0.3) is 0 Å². The molecule has 36 heavy (non-hydrogen) atoms. The van der Waals surface area contributed by atoms with Crippen LogP contribution in [0.5, 0.6) is 0 Å². The van der Waals surface area contributed by atoms with Crippen molar-refractivity contribution in [2.45, 2.75) is 26.8 Å². The van der Waals surface area contributed by atoms with Crippen molar-refractivity contribution in [3.05, 3.63) is 119 Å². The van der Waals surface area contributed by atoms with Gasteiger partial charge in [0.1, 0.15) is 17.4 Å². The second-order valence-corrected chi connectivity index (χ2v) is 8.92. The van der Waals surface area contributed by atoms with Gasteiger partial charge >= 0.3 is 0 Å². The molecular weight excluding hydrogens is 450 g/mol. The van der Waals surface area contributed by atoms with E-state index in [-0.39, 0.29) is 11.8 Å². The van der Waals surface area contributed by atoms with E-state index in [2.05, 4.69) is 21.0 Å². The van der Waals surface area contributed by atoms with Gasteiger partial charge in [-0.2, -0.15) is 5.10 Å². The molecule has 2 heterocycles. The van der Waals surface area contributed by atoms with E-state index >= 15 is 0 Å². The third-order valence-electron chi connectivity index (χ3n) is 6.29. The van der Waals surface area contributed by atoms with E-state index in [1.807, 2.05) is 99.6 Å². The molecule has 1 aromatic heterocycles. The molecule has 180 valence electrons. The van der Waals surface area contributed by atoms with E-state index in [0.717, 1.165) is 22.4 Å². The van der Waals surface area contributed by atoms with Gasteiger partial charge in [0.2, 0.25) is 0 Å². The average Bonchev–Trinajstić information content (AvgIpc) is 3.29. The number of amides is 2. The lowest BCUT2D eigenvalue weighted by atomic mass is 9.94. The molecule has 0 bridgehead atoms. The summed E-state index contributed by atoms with van der Waals surface area (Å²) in [4.78, 5) is 26.8. The Morgan fingerprint density at radius 3 is 2.25 bits per heavy atom. The lowest BCUT2D eigenvalue weighted by Crippen LogP contribution is -2.32. The summed E-state index contributed by atoms with van der Waals surface area (Å²) in [6.07, 6.45) is 1.54. The number of aryl methyl sites for hydroxylation is 2. The number of aromatic nitrogens is 2. The summed E-state index contributed by atoms with van der Waals surface area (Å²) in [6.45, 7) is 5.84. The molecule has 1 aliphatic rings. The Balaban J connectivity index is 1.53. The Bertz CT molecular complexity index is 1470. The number of para-hydroxylation sites is 1. The van der Waals surface area contributed by atoms with Crippen molar-refractivity contribution in [2.24, 2.45) is 0 Å². The summed E-state index contributed by atoms with van der Waals surface area (Å²) in [5.41, 5.74) is 6.05. The molecule has 2 amide bonds. The third kappa shape index (κ3) is 4.38. The van der Waals surface area contributed by atoms with E-state index in [1.165, 1.54) is 6.20 Å². The quantitative estimate of drug-likeness (QED) is 0.345. The normalized spacial score (nSPS) is 14.6. The molecule has 0 spiro atoms. The zero-order valence-electron chi connectivity index (χ0n) is 20.4. The van der Waals surface area contributed by atoms with Crippen molar-refractivity contribution >= 4 is 29.0 Å². The fourth-order valence-corrected chi connectivity index (χ4v) is 4.52. The number of hydrogen-bond acceptors (Lipinski definition) is 4. The smallest absolute Gasteiger partial charge is 0.261 e. The number of allylic oxidation sites excluding steroid dienone is 1. The molecule has 0 saturated carbocycles. The summed E-state index contributed by atoms with van der Waals surface area (Å²) >= 11 is 0. The first-order valence-electron chi connectivity index (χ1n) is 11.8.